The van der Waals surface area contributed by atoms with Crippen LogP contribution in [0.1, 0.15) is 0 Å². The maximum atomic E-state index is 8.94. The molecule has 0 aromatic heterocycles. The fraction of sp³-hybridized carbons (Fsp3) is 0.500. The number of rotatable bonds is 2. The average Bonchev–Trinajstić information content (AvgIpc) is 2.04. The van der Waals surface area contributed by atoms with Crippen molar-refractivity contribution < 1.29 is 14.6 Å². The molecule has 0 bridgehead atoms. The molecule has 1 aliphatic heterocycles. The molecule has 0 aromatic rings. The zero-order valence-corrected chi connectivity index (χ0v) is 6.06. The van der Waals surface area contributed by atoms with E-state index in [0.717, 1.165) is 0 Å². The molecule has 1 aliphatic rings. The van der Waals surface area contributed by atoms with Crippen molar-refractivity contribution in [1.82, 2.24) is 0 Å². The van der Waals surface area contributed by atoms with E-state index < -0.39 is 12.4 Å². The third-order valence-corrected chi connectivity index (χ3v) is 1.25. The Hall–Kier alpha value is -0.820. The summed E-state index contributed by atoms with van der Waals surface area (Å²) in [7, 11) is 0. The van der Waals surface area contributed by atoms with E-state index in [9.17, 15) is 0 Å². The highest BCUT2D eigenvalue weighted by atomic mass is 16.7. The smallest absolute Gasteiger partial charge is 0.178 e. The molecule has 2 atom stereocenters. The zero-order valence-electron chi connectivity index (χ0n) is 6.06. The highest BCUT2D eigenvalue weighted by Crippen LogP contribution is 2.05. The Morgan fingerprint density at radius 2 is 2.55 bits per heavy atom. The first-order chi connectivity index (χ1) is 5.33. The van der Waals surface area contributed by atoms with Crippen molar-refractivity contribution in [3.05, 3.63) is 12.2 Å². The summed E-state index contributed by atoms with van der Waals surface area (Å²) < 4.78 is 10.1. The summed E-state index contributed by atoms with van der Waals surface area (Å²) in [5, 5.41) is 8.94. The fourth-order valence-electron chi connectivity index (χ4n) is 0.757. The summed E-state index contributed by atoms with van der Waals surface area (Å²) in [4.78, 5) is 0. The van der Waals surface area contributed by atoms with Gasteiger partial charge in [-0.25, -0.2) is 0 Å². The second-order valence-electron chi connectivity index (χ2n) is 2.17. The van der Waals surface area contributed by atoms with Gasteiger partial charge in [0.15, 0.2) is 6.29 Å². The molecule has 0 fully saturated rings. The van der Waals surface area contributed by atoms with Crippen molar-refractivity contribution in [3.63, 3.8) is 0 Å². The van der Waals surface area contributed by atoms with Gasteiger partial charge in [0.2, 0.25) is 0 Å². The van der Waals surface area contributed by atoms with Crippen molar-refractivity contribution in [2.75, 3.05) is 13.2 Å². The average molecular weight is 154 g/mol. The van der Waals surface area contributed by atoms with E-state index in [0.29, 0.717) is 0 Å². The molecule has 2 unspecified atom stereocenters. The van der Waals surface area contributed by atoms with Crippen LogP contribution in [0.5, 0.6) is 0 Å². The maximum absolute atomic E-state index is 8.94. The lowest BCUT2D eigenvalue weighted by molar-refractivity contribution is -0.124. The Kier molecular flexibility index (Phi) is 3.12. The van der Waals surface area contributed by atoms with Crippen LogP contribution in [0.4, 0.5) is 0 Å². The quantitative estimate of drug-likeness (QED) is 0.446. The van der Waals surface area contributed by atoms with Gasteiger partial charge >= 0.3 is 0 Å². The third-order valence-electron chi connectivity index (χ3n) is 1.25. The minimum atomic E-state index is -0.513. The van der Waals surface area contributed by atoms with E-state index >= 15 is 0 Å². The van der Waals surface area contributed by atoms with Crippen LogP contribution < -0.4 is 0 Å². The van der Waals surface area contributed by atoms with Gasteiger partial charge in [-0.15, -0.1) is 6.42 Å². The van der Waals surface area contributed by atoms with Gasteiger partial charge in [0.05, 0.1) is 12.7 Å². The van der Waals surface area contributed by atoms with E-state index in [2.05, 4.69) is 5.92 Å². The highest BCUT2D eigenvalue weighted by molar-refractivity contribution is 4.95. The molecule has 0 amide bonds. The lowest BCUT2D eigenvalue weighted by Gasteiger charge is -2.19. The topological polar surface area (TPSA) is 38.7 Å². The Morgan fingerprint density at radius 1 is 1.73 bits per heavy atom. The molecule has 60 valence electrons. The van der Waals surface area contributed by atoms with E-state index in [-0.39, 0.29) is 13.2 Å². The fourth-order valence-corrected chi connectivity index (χ4v) is 0.757. The Balaban J connectivity index is 2.28. The number of hydrogen-bond donors (Lipinski definition) is 1. The van der Waals surface area contributed by atoms with Crippen LogP contribution in [-0.4, -0.2) is 30.7 Å². The van der Waals surface area contributed by atoms with Gasteiger partial charge in [0, 0.05) is 0 Å². The first-order valence-corrected chi connectivity index (χ1v) is 3.36. The lowest BCUT2D eigenvalue weighted by atomic mass is 10.3. The van der Waals surface area contributed by atoms with E-state index in [4.69, 9.17) is 21.0 Å². The molecule has 0 saturated heterocycles. The molecular weight excluding hydrogens is 144 g/mol. The molecule has 0 spiro atoms. The van der Waals surface area contributed by atoms with Crippen molar-refractivity contribution in [2.24, 2.45) is 0 Å². The molecule has 11 heavy (non-hydrogen) atoms. The van der Waals surface area contributed by atoms with Gasteiger partial charge in [-0.1, -0.05) is 12.0 Å². The largest absolute Gasteiger partial charge is 0.387 e. The molecule has 0 aliphatic carbocycles. The monoisotopic (exact) mass is 154 g/mol. The van der Waals surface area contributed by atoms with Crippen LogP contribution in [0.3, 0.4) is 0 Å². The first kappa shape index (κ1) is 8.28. The Morgan fingerprint density at radius 3 is 3.09 bits per heavy atom. The van der Waals surface area contributed by atoms with E-state index in [1.807, 2.05) is 0 Å². The predicted octanol–water partition coefficient (Wildman–Crippen LogP) is -0.0904. The van der Waals surface area contributed by atoms with Gasteiger partial charge in [-0.05, 0) is 6.08 Å². The number of aliphatic hydroxyl groups excluding tert-OH is 1. The third kappa shape index (κ3) is 2.72. The number of terminal acetylenes is 1. The van der Waals surface area contributed by atoms with Crippen LogP contribution in [-0.2, 0) is 9.47 Å². The predicted molar refractivity (Wildman–Crippen MR) is 39.7 cm³/mol. The molecular formula is C8H10O3. The van der Waals surface area contributed by atoms with Crippen molar-refractivity contribution in [3.8, 4) is 12.3 Å². The van der Waals surface area contributed by atoms with Crippen LogP contribution in [0.2, 0.25) is 0 Å². The summed E-state index contributed by atoms with van der Waals surface area (Å²) in [6, 6.07) is 0. The minimum Gasteiger partial charge on any atom is -0.387 e. The molecule has 1 N–H and O–H groups in total. The molecule has 0 radical (unpaired) electrons. The Labute approximate surface area is 65.6 Å². The molecule has 1 rings (SSSR count). The maximum Gasteiger partial charge on any atom is 0.178 e. The zero-order chi connectivity index (χ0) is 8.10. The lowest BCUT2D eigenvalue weighted by Crippen LogP contribution is -2.26. The van der Waals surface area contributed by atoms with Gasteiger partial charge < -0.3 is 14.6 Å². The first-order valence-electron chi connectivity index (χ1n) is 3.36. The number of aliphatic hydroxyl groups is 1. The number of ether oxygens (including phenoxy) is 2. The Bertz CT molecular complexity index is 180. The van der Waals surface area contributed by atoms with Crippen molar-refractivity contribution in [2.45, 2.75) is 12.4 Å². The highest BCUT2D eigenvalue weighted by Gasteiger charge is 2.12. The van der Waals surface area contributed by atoms with Gasteiger partial charge in [0.1, 0.15) is 6.61 Å². The van der Waals surface area contributed by atoms with Crippen LogP contribution in [0.25, 0.3) is 0 Å². The molecule has 0 aromatic carbocycles. The standard InChI is InChI=1S/C8H10O3/c1-2-5-10-8-4-3-7(9)6-11-8/h1,3-4,7-9H,5-6H2. The van der Waals surface area contributed by atoms with Gasteiger partial charge in [-0.3, -0.25) is 0 Å². The second-order valence-corrected chi connectivity index (χ2v) is 2.17. The summed E-state index contributed by atoms with van der Waals surface area (Å²) in [5.41, 5.74) is 0. The van der Waals surface area contributed by atoms with Crippen molar-refractivity contribution >= 4 is 0 Å². The van der Waals surface area contributed by atoms with Crippen LogP contribution >= 0.6 is 0 Å². The summed E-state index contributed by atoms with van der Waals surface area (Å²) in [6.45, 7) is 0.497. The van der Waals surface area contributed by atoms with Crippen molar-refractivity contribution in [1.29, 1.82) is 0 Å². The van der Waals surface area contributed by atoms with Crippen LogP contribution in [0, 0.1) is 12.3 Å². The summed E-state index contributed by atoms with van der Waals surface area (Å²) in [5.74, 6) is 2.33. The summed E-state index contributed by atoms with van der Waals surface area (Å²) in [6.07, 6.45) is 7.34. The second kappa shape index (κ2) is 4.14. The minimum absolute atomic E-state index is 0.227. The SMILES string of the molecule is C#CCOC1C=CC(O)CO1. The normalized spacial score (nSPS) is 29.8. The van der Waals surface area contributed by atoms with Gasteiger partial charge in [-0.2, -0.15) is 0 Å². The summed E-state index contributed by atoms with van der Waals surface area (Å²) >= 11 is 0. The van der Waals surface area contributed by atoms with Gasteiger partial charge in [0.25, 0.3) is 0 Å². The molecule has 3 nitrogen and oxygen atoms in total. The molecule has 1 heterocycles. The molecule has 0 saturated carbocycles. The van der Waals surface area contributed by atoms with E-state index in [1.165, 1.54) is 0 Å². The number of hydrogen-bond acceptors (Lipinski definition) is 3. The molecule has 3 heteroatoms. The van der Waals surface area contributed by atoms with E-state index in [1.54, 1.807) is 12.2 Å². The van der Waals surface area contributed by atoms with Crippen LogP contribution in [0.15, 0.2) is 12.2 Å².